The van der Waals surface area contributed by atoms with Crippen LogP contribution >= 0.6 is 11.3 Å². The van der Waals surface area contributed by atoms with Gasteiger partial charge >= 0.3 is 22.9 Å². The highest BCUT2D eigenvalue weighted by Crippen LogP contribution is 2.17. The molecule has 104 valence electrons. The number of aromatic nitrogens is 2. The van der Waals surface area contributed by atoms with Crippen LogP contribution in [0.3, 0.4) is 0 Å². The van der Waals surface area contributed by atoms with Gasteiger partial charge in [0, 0.05) is 0 Å². The summed E-state index contributed by atoms with van der Waals surface area (Å²) in [5.74, 6) is -1.15. The van der Waals surface area contributed by atoms with Crippen LogP contribution in [-0.4, -0.2) is 25.6 Å². The van der Waals surface area contributed by atoms with E-state index in [2.05, 4.69) is 0 Å². The third kappa shape index (κ3) is 2.49. The number of aromatic carboxylic acids is 1. The van der Waals surface area contributed by atoms with Crippen molar-refractivity contribution < 1.29 is 14.8 Å². The first-order valence-electron chi connectivity index (χ1n) is 5.18. The average Bonchev–Trinajstić information content (AvgIpc) is 2.80. The van der Waals surface area contributed by atoms with Crippen molar-refractivity contribution in [3.63, 3.8) is 0 Å². The largest absolute Gasteiger partial charge is 0.477 e. The zero-order chi connectivity index (χ0) is 14.9. The number of nitrogens with zero attached hydrogens (tertiary/aromatic N) is 2. The Morgan fingerprint density at radius 1 is 1.50 bits per heavy atom. The highest BCUT2D eigenvalue weighted by molar-refractivity contribution is 7.12. The number of thiophene rings is 1. The molecule has 0 saturated carbocycles. The lowest BCUT2D eigenvalue weighted by atomic mass is 10.2. The van der Waals surface area contributed by atoms with Crippen LogP contribution < -0.4 is 11.2 Å². The fourth-order valence-corrected chi connectivity index (χ4v) is 2.33. The Hall–Kier alpha value is -2.75. The molecule has 2 N–H and O–H groups in total. The molecule has 0 fully saturated rings. The molecule has 20 heavy (non-hydrogen) atoms. The van der Waals surface area contributed by atoms with E-state index >= 15 is 0 Å². The zero-order valence-corrected chi connectivity index (χ0v) is 10.5. The van der Waals surface area contributed by atoms with Crippen LogP contribution in [0.5, 0.6) is 0 Å². The van der Waals surface area contributed by atoms with E-state index in [4.69, 9.17) is 5.11 Å². The second-order valence-electron chi connectivity index (χ2n) is 3.74. The Kier molecular flexibility index (Phi) is 3.48. The molecule has 0 aliphatic carbocycles. The van der Waals surface area contributed by atoms with Gasteiger partial charge in [-0.15, -0.1) is 11.3 Å². The standard InChI is InChI=1S/C10H7N3O6S/c14-8-6(13(18)19)4-12(10(17)11-8)3-5-1-2-20-7(5)9(15)16/h1-2,4H,3H2,(H,15,16)(H,11,14,17). The molecule has 0 radical (unpaired) electrons. The van der Waals surface area contributed by atoms with Gasteiger partial charge in [-0.05, 0) is 17.0 Å². The molecule has 0 aromatic carbocycles. The maximum absolute atomic E-state index is 11.6. The molecule has 0 spiro atoms. The lowest BCUT2D eigenvalue weighted by Gasteiger charge is -2.04. The number of hydrogen-bond acceptors (Lipinski definition) is 6. The van der Waals surface area contributed by atoms with E-state index in [1.165, 1.54) is 11.4 Å². The van der Waals surface area contributed by atoms with Crippen LogP contribution in [0.4, 0.5) is 5.69 Å². The smallest absolute Gasteiger partial charge is 0.350 e. The zero-order valence-electron chi connectivity index (χ0n) is 9.73. The third-order valence-electron chi connectivity index (χ3n) is 2.47. The Labute approximate surface area is 113 Å². The first-order valence-corrected chi connectivity index (χ1v) is 6.06. The topological polar surface area (TPSA) is 135 Å². The molecule has 9 nitrogen and oxygen atoms in total. The number of H-pyrrole nitrogens is 1. The molecule has 0 amide bonds. The summed E-state index contributed by atoms with van der Waals surface area (Å²) in [7, 11) is 0. The summed E-state index contributed by atoms with van der Waals surface area (Å²) in [5, 5.41) is 21.1. The van der Waals surface area contributed by atoms with Gasteiger partial charge in [0.25, 0.3) is 0 Å². The summed E-state index contributed by atoms with van der Waals surface area (Å²) in [4.78, 5) is 45.3. The summed E-state index contributed by atoms with van der Waals surface area (Å²) < 4.78 is 0.883. The van der Waals surface area contributed by atoms with Crippen LogP contribution in [0.1, 0.15) is 15.2 Å². The van der Waals surface area contributed by atoms with E-state index in [-0.39, 0.29) is 11.4 Å². The van der Waals surface area contributed by atoms with E-state index < -0.39 is 27.8 Å². The Bertz CT molecular complexity index is 802. The lowest BCUT2D eigenvalue weighted by Crippen LogP contribution is -2.31. The van der Waals surface area contributed by atoms with Gasteiger partial charge in [0.1, 0.15) is 4.88 Å². The van der Waals surface area contributed by atoms with Crippen molar-refractivity contribution in [2.45, 2.75) is 6.54 Å². The Balaban J connectivity index is 2.49. The van der Waals surface area contributed by atoms with Crippen LogP contribution in [0.2, 0.25) is 0 Å². The molecule has 0 bridgehead atoms. The minimum Gasteiger partial charge on any atom is -0.477 e. The van der Waals surface area contributed by atoms with E-state index in [9.17, 15) is 24.5 Å². The molecular weight excluding hydrogens is 290 g/mol. The molecule has 0 aliphatic rings. The van der Waals surface area contributed by atoms with Gasteiger partial charge < -0.3 is 5.11 Å². The molecule has 2 heterocycles. The maximum Gasteiger partial charge on any atom is 0.350 e. The van der Waals surface area contributed by atoms with Gasteiger partial charge in [0.15, 0.2) is 0 Å². The highest BCUT2D eigenvalue weighted by Gasteiger charge is 2.17. The van der Waals surface area contributed by atoms with Gasteiger partial charge in [-0.25, -0.2) is 9.59 Å². The van der Waals surface area contributed by atoms with Crippen molar-refractivity contribution in [2.75, 3.05) is 0 Å². The normalized spacial score (nSPS) is 10.4. The maximum atomic E-state index is 11.6. The summed E-state index contributed by atoms with van der Waals surface area (Å²) in [5.41, 5.74) is -2.40. The number of rotatable bonds is 4. The number of aromatic amines is 1. The molecule has 0 atom stereocenters. The van der Waals surface area contributed by atoms with Gasteiger partial charge in [0.05, 0.1) is 17.7 Å². The van der Waals surface area contributed by atoms with Gasteiger partial charge in [0.2, 0.25) is 0 Å². The van der Waals surface area contributed by atoms with E-state index in [1.807, 2.05) is 4.98 Å². The Morgan fingerprint density at radius 3 is 2.80 bits per heavy atom. The third-order valence-corrected chi connectivity index (χ3v) is 3.42. The minimum atomic E-state index is -1.15. The molecule has 0 aliphatic heterocycles. The van der Waals surface area contributed by atoms with E-state index in [1.54, 1.807) is 0 Å². The molecule has 2 aromatic heterocycles. The predicted octanol–water partition coefficient (Wildman–Crippen LogP) is 0.253. The molecule has 2 rings (SSSR count). The lowest BCUT2D eigenvalue weighted by molar-refractivity contribution is -0.386. The van der Waals surface area contributed by atoms with Gasteiger partial charge in [-0.2, -0.15) is 0 Å². The Morgan fingerprint density at radius 2 is 2.20 bits per heavy atom. The van der Waals surface area contributed by atoms with E-state index in [0.29, 0.717) is 5.56 Å². The number of carbonyl (C=O) groups is 1. The number of carboxylic acids is 1. The fraction of sp³-hybridized carbons (Fsp3) is 0.100. The number of nitro groups is 1. The second-order valence-corrected chi connectivity index (χ2v) is 4.65. The minimum absolute atomic E-state index is 0.0331. The summed E-state index contributed by atoms with van der Waals surface area (Å²) >= 11 is 0.976. The summed E-state index contributed by atoms with van der Waals surface area (Å²) in [6.07, 6.45) is 0.796. The first kappa shape index (κ1) is 13.7. The summed E-state index contributed by atoms with van der Waals surface area (Å²) in [6.45, 7) is -0.179. The van der Waals surface area contributed by atoms with Crippen LogP contribution in [0.25, 0.3) is 0 Å². The monoisotopic (exact) mass is 297 g/mol. The molecule has 0 saturated heterocycles. The quantitative estimate of drug-likeness (QED) is 0.613. The predicted molar refractivity (Wildman–Crippen MR) is 68.4 cm³/mol. The fourth-order valence-electron chi connectivity index (χ4n) is 1.58. The van der Waals surface area contributed by atoms with Gasteiger partial charge in [-0.1, -0.05) is 0 Å². The van der Waals surface area contributed by atoms with Crippen LogP contribution in [0, 0.1) is 10.1 Å². The second kappa shape index (κ2) is 5.09. The highest BCUT2D eigenvalue weighted by atomic mass is 32.1. The molecule has 10 heteroatoms. The first-order chi connectivity index (χ1) is 9.40. The molecule has 2 aromatic rings. The SMILES string of the molecule is O=C(O)c1sccc1Cn1cc([N+](=O)[O-])c(=O)[nH]c1=O. The average molecular weight is 297 g/mol. The number of nitrogens with one attached hydrogen (secondary N) is 1. The number of hydrogen-bond donors (Lipinski definition) is 2. The van der Waals surface area contributed by atoms with Crippen molar-refractivity contribution in [3.05, 3.63) is 59.0 Å². The van der Waals surface area contributed by atoms with Crippen molar-refractivity contribution >= 4 is 23.0 Å². The van der Waals surface area contributed by atoms with Crippen molar-refractivity contribution in [2.24, 2.45) is 0 Å². The van der Waals surface area contributed by atoms with Crippen LogP contribution in [0.15, 0.2) is 27.2 Å². The van der Waals surface area contributed by atoms with Crippen molar-refractivity contribution in [1.29, 1.82) is 0 Å². The molecule has 0 unspecified atom stereocenters. The summed E-state index contributed by atoms with van der Waals surface area (Å²) in [6, 6.07) is 1.50. The van der Waals surface area contributed by atoms with Crippen molar-refractivity contribution in [3.8, 4) is 0 Å². The van der Waals surface area contributed by atoms with Gasteiger partial charge in [-0.3, -0.25) is 24.5 Å². The van der Waals surface area contributed by atoms with E-state index in [0.717, 1.165) is 22.1 Å². The molecular formula is C10H7N3O6S. The van der Waals surface area contributed by atoms with Crippen LogP contribution in [-0.2, 0) is 6.54 Å². The number of carboxylic acid groups (broad SMARTS) is 1. The van der Waals surface area contributed by atoms with Crippen molar-refractivity contribution in [1.82, 2.24) is 9.55 Å².